The monoisotopic (exact) mass is 329 g/mol. The van der Waals surface area contributed by atoms with E-state index in [2.05, 4.69) is 46.2 Å². The second-order valence-corrected chi connectivity index (χ2v) is 4.97. The Kier molecular flexibility index (Phi) is 4.41. The molecule has 1 atom stereocenters. The summed E-state index contributed by atoms with van der Waals surface area (Å²) in [6, 6.07) is 0.0763. The van der Waals surface area contributed by atoms with Gasteiger partial charge in [-0.05, 0) is 22.4 Å². The third-order valence-corrected chi connectivity index (χ3v) is 3.73. The van der Waals surface area contributed by atoms with Crippen molar-refractivity contribution in [2.24, 2.45) is 0 Å². The highest BCUT2D eigenvalue weighted by molar-refractivity contribution is 9.10. The smallest absolute Gasteiger partial charge is 0.407 e. The minimum Gasteiger partial charge on any atom is -0.453 e. The maximum Gasteiger partial charge on any atom is 0.407 e. The molecule has 1 saturated heterocycles. The number of carbonyl (C=O) groups excluding carboxylic acids is 1. The average molecular weight is 330 g/mol. The molecule has 1 aromatic heterocycles. The van der Waals surface area contributed by atoms with E-state index in [1.54, 1.807) is 0 Å². The summed E-state index contributed by atoms with van der Waals surface area (Å²) in [7, 11) is 3.17. The highest BCUT2D eigenvalue weighted by Gasteiger charge is 2.27. The normalized spacial score (nSPS) is 18.3. The summed E-state index contributed by atoms with van der Waals surface area (Å²) in [4.78, 5) is 21.7. The summed E-state index contributed by atoms with van der Waals surface area (Å²) in [5.74, 6) is 1.57. The van der Waals surface area contributed by atoms with Gasteiger partial charge >= 0.3 is 6.09 Å². The quantitative estimate of drug-likeness (QED) is 0.867. The number of methoxy groups -OCH3 is 1. The van der Waals surface area contributed by atoms with E-state index in [1.165, 1.54) is 13.4 Å². The predicted molar refractivity (Wildman–Crippen MR) is 75.4 cm³/mol. The first-order valence-corrected chi connectivity index (χ1v) is 6.72. The van der Waals surface area contributed by atoms with Gasteiger partial charge in [-0.3, -0.25) is 0 Å². The Morgan fingerprint density at radius 3 is 3.05 bits per heavy atom. The zero-order valence-corrected chi connectivity index (χ0v) is 12.4. The Hall–Kier alpha value is -1.57. The lowest BCUT2D eigenvalue weighted by Crippen LogP contribution is -2.37. The molecule has 0 spiro atoms. The Bertz CT molecular complexity index is 470. The summed E-state index contributed by atoms with van der Waals surface area (Å²) in [6.07, 6.45) is 1.98. The van der Waals surface area contributed by atoms with E-state index in [-0.39, 0.29) is 6.04 Å². The largest absolute Gasteiger partial charge is 0.453 e. The van der Waals surface area contributed by atoms with Crippen LogP contribution in [0.15, 0.2) is 10.8 Å². The number of nitrogens with zero attached hydrogens (tertiary/aromatic N) is 3. The molecule has 8 heteroatoms. The number of aromatic nitrogens is 2. The van der Waals surface area contributed by atoms with Crippen LogP contribution in [-0.4, -0.2) is 49.4 Å². The van der Waals surface area contributed by atoms with Gasteiger partial charge in [-0.2, -0.15) is 0 Å². The number of hydrogen-bond donors (Lipinski definition) is 2. The van der Waals surface area contributed by atoms with E-state index < -0.39 is 6.09 Å². The molecule has 2 rings (SSSR count). The van der Waals surface area contributed by atoms with Crippen molar-refractivity contribution in [2.45, 2.75) is 12.5 Å². The Morgan fingerprint density at radius 2 is 2.37 bits per heavy atom. The minimum absolute atomic E-state index is 0.0763. The molecular weight excluding hydrogens is 314 g/mol. The van der Waals surface area contributed by atoms with Crippen molar-refractivity contribution in [1.82, 2.24) is 15.3 Å². The molecule has 0 aliphatic carbocycles. The Morgan fingerprint density at radius 1 is 1.58 bits per heavy atom. The van der Waals surface area contributed by atoms with Crippen molar-refractivity contribution in [3.05, 3.63) is 10.8 Å². The Balaban J connectivity index is 2.06. The molecule has 7 nitrogen and oxygen atoms in total. The van der Waals surface area contributed by atoms with Crippen molar-refractivity contribution in [1.29, 1.82) is 0 Å². The third kappa shape index (κ3) is 3.06. The number of ether oxygens (including phenoxy) is 1. The topological polar surface area (TPSA) is 79.4 Å². The van der Waals surface area contributed by atoms with Crippen LogP contribution in [0.2, 0.25) is 0 Å². The number of halogens is 1. The van der Waals surface area contributed by atoms with Crippen molar-refractivity contribution in [3.8, 4) is 0 Å². The van der Waals surface area contributed by atoms with Gasteiger partial charge in [-0.25, -0.2) is 14.8 Å². The van der Waals surface area contributed by atoms with E-state index in [0.717, 1.165) is 29.1 Å². The lowest BCUT2D eigenvalue weighted by Gasteiger charge is -2.19. The van der Waals surface area contributed by atoms with Gasteiger partial charge in [-0.1, -0.05) is 0 Å². The molecule has 0 radical (unpaired) electrons. The summed E-state index contributed by atoms with van der Waals surface area (Å²) >= 11 is 3.49. The van der Waals surface area contributed by atoms with Gasteiger partial charge in [0.25, 0.3) is 0 Å². The molecule has 1 unspecified atom stereocenters. The van der Waals surface area contributed by atoms with Crippen LogP contribution in [0, 0.1) is 0 Å². The molecule has 1 amide bonds. The highest BCUT2D eigenvalue weighted by atomic mass is 79.9. The first kappa shape index (κ1) is 13.9. The van der Waals surface area contributed by atoms with Gasteiger partial charge in [0.1, 0.15) is 22.4 Å². The minimum atomic E-state index is -0.399. The molecule has 1 aromatic rings. The molecule has 1 aliphatic heterocycles. The van der Waals surface area contributed by atoms with Gasteiger partial charge < -0.3 is 20.3 Å². The van der Waals surface area contributed by atoms with Gasteiger partial charge in [0.15, 0.2) is 0 Å². The third-order valence-electron chi connectivity index (χ3n) is 3.00. The van der Waals surface area contributed by atoms with E-state index in [4.69, 9.17) is 0 Å². The maximum absolute atomic E-state index is 11.2. The number of nitrogens with one attached hydrogen (secondary N) is 2. The second-order valence-electron chi connectivity index (χ2n) is 4.18. The Labute approximate surface area is 119 Å². The van der Waals surface area contributed by atoms with E-state index in [1.807, 2.05) is 7.05 Å². The fraction of sp³-hybridized carbons (Fsp3) is 0.545. The molecule has 1 fully saturated rings. The van der Waals surface area contributed by atoms with Crippen LogP contribution in [0.3, 0.4) is 0 Å². The van der Waals surface area contributed by atoms with Crippen LogP contribution in [0.1, 0.15) is 6.42 Å². The van der Waals surface area contributed by atoms with Crippen LogP contribution in [0.4, 0.5) is 16.4 Å². The van der Waals surface area contributed by atoms with Crippen LogP contribution in [0.25, 0.3) is 0 Å². The summed E-state index contributed by atoms with van der Waals surface area (Å²) in [6.45, 7) is 1.53. The summed E-state index contributed by atoms with van der Waals surface area (Å²) < 4.78 is 5.43. The van der Waals surface area contributed by atoms with Crippen molar-refractivity contribution in [3.63, 3.8) is 0 Å². The van der Waals surface area contributed by atoms with E-state index in [0.29, 0.717) is 6.54 Å². The summed E-state index contributed by atoms with van der Waals surface area (Å²) in [5.41, 5.74) is 0. The molecule has 2 heterocycles. The van der Waals surface area contributed by atoms with Gasteiger partial charge in [0, 0.05) is 20.1 Å². The van der Waals surface area contributed by atoms with Gasteiger partial charge in [-0.15, -0.1) is 0 Å². The lowest BCUT2D eigenvalue weighted by molar-refractivity contribution is 0.167. The number of rotatable bonds is 3. The molecule has 0 aromatic carbocycles. The van der Waals surface area contributed by atoms with E-state index >= 15 is 0 Å². The van der Waals surface area contributed by atoms with Crippen LogP contribution in [-0.2, 0) is 4.74 Å². The maximum atomic E-state index is 11.2. The van der Waals surface area contributed by atoms with Crippen LogP contribution < -0.4 is 15.5 Å². The zero-order chi connectivity index (χ0) is 13.8. The standard InChI is InChI=1S/C11H16BrN5O2/c1-13-9-8(12)10(15-6-14-9)17-4-3-7(5-17)16-11(18)19-2/h6-7H,3-5H2,1-2H3,(H,16,18)(H,13,14,15). The number of anilines is 2. The van der Waals surface area contributed by atoms with Crippen molar-refractivity contribution >= 4 is 33.7 Å². The average Bonchev–Trinajstić information content (AvgIpc) is 2.87. The zero-order valence-electron chi connectivity index (χ0n) is 10.8. The lowest BCUT2D eigenvalue weighted by atomic mass is 10.3. The molecular formula is C11H16BrN5O2. The van der Waals surface area contributed by atoms with Crippen molar-refractivity contribution < 1.29 is 9.53 Å². The number of amides is 1. The number of carbonyl (C=O) groups is 1. The fourth-order valence-electron chi connectivity index (χ4n) is 2.05. The highest BCUT2D eigenvalue weighted by Crippen LogP contribution is 2.31. The van der Waals surface area contributed by atoms with E-state index in [9.17, 15) is 4.79 Å². The van der Waals surface area contributed by atoms with Gasteiger partial charge in [0.05, 0.1) is 13.2 Å². The summed E-state index contributed by atoms with van der Waals surface area (Å²) in [5, 5.41) is 5.80. The molecule has 0 bridgehead atoms. The first-order valence-electron chi connectivity index (χ1n) is 5.93. The molecule has 2 N–H and O–H groups in total. The van der Waals surface area contributed by atoms with Crippen molar-refractivity contribution in [2.75, 3.05) is 37.5 Å². The van der Waals surface area contributed by atoms with Crippen LogP contribution >= 0.6 is 15.9 Å². The molecule has 104 valence electrons. The number of alkyl carbamates (subject to hydrolysis) is 1. The second kappa shape index (κ2) is 6.05. The molecule has 1 aliphatic rings. The number of hydrogen-bond acceptors (Lipinski definition) is 6. The SMILES string of the molecule is CNc1ncnc(N2CCC(NC(=O)OC)C2)c1Br. The molecule has 0 saturated carbocycles. The first-order chi connectivity index (χ1) is 9.15. The predicted octanol–water partition coefficient (Wildman–Crippen LogP) is 1.22. The molecule has 19 heavy (non-hydrogen) atoms. The van der Waals surface area contributed by atoms with Gasteiger partial charge in [0.2, 0.25) is 0 Å². The van der Waals surface area contributed by atoms with Crippen LogP contribution in [0.5, 0.6) is 0 Å². The fourth-order valence-corrected chi connectivity index (χ4v) is 2.71.